The summed E-state index contributed by atoms with van der Waals surface area (Å²) in [4.78, 5) is 16.4. The van der Waals surface area contributed by atoms with Crippen molar-refractivity contribution in [3.05, 3.63) is 64.9 Å². The average molecular weight is 405 g/mol. The molecule has 0 radical (unpaired) electrons. The Morgan fingerprint density at radius 1 is 1.24 bits per heavy atom. The van der Waals surface area contributed by atoms with Crippen LogP contribution in [0.15, 0.2) is 47.8 Å². The molecule has 0 atom stereocenters. The number of nitrogens with one attached hydrogen (secondary N) is 2. The van der Waals surface area contributed by atoms with E-state index in [0.29, 0.717) is 29.8 Å². The average Bonchev–Trinajstić information content (AvgIpc) is 2.60. The van der Waals surface area contributed by atoms with Crippen LogP contribution >= 0.6 is 0 Å². The van der Waals surface area contributed by atoms with Crippen molar-refractivity contribution in [1.82, 2.24) is 10.3 Å². The number of hydrogen-bond donors (Lipinski definition) is 2. The maximum atomic E-state index is 13.7. The molecule has 8 heteroatoms. The third-order valence-electron chi connectivity index (χ3n) is 4.46. The molecule has 0 saturated heterocycles. The van der Waals surface area contributed by atoms with Gasteiger partial charge in [-0.1, -0.05) is 13.8 Å². The molecule has 0 fully saturated rings. The lowest BCUT2D eigenvalue weighted by Crippen LogP contribution is -2.35. The van der Waals surface area contributed by atoms with E-state index >= 15 is 0 Å². The van der Waals surface area contributed by atoms with E-state index in [1.165, 1.54) is 12.1 Å². The summed E-state index contributed by atoms with van der Waals surface area (Å²) >= 11 is 0. The molecule has 154 valence electrons. The fourth-order valence-electron chi connectivity index (χ4n) is 3.34. The molecule has 3 rings (SSSR count). The van der Waals surface area contributed by atoms with Crippen molar-refractivity contribution in [3.8, 4) is 5.75 Å². The number of nitrogens with zero attached hydrogens (tertiary/aromatic N) is 1. The van der Waals surface area contributed by atoms with E-state index in [2.05, 4.69) is 20.4 Å². The summed E-state index contributed by atoms with van der Waals surface area (Å²) in [6.07, 6.45) is 2.53. The van der Waals surface area contributed by atoms with Crippen molar-refractivity contribution < 1.29 is 22.7 Å². The molecule has 2 N–H and O–H groups in total. The number of benzene rings is 1. The van der Waals surface area contributed by atoms with Crippen molar-refractivity contribution in [2.75, 3.05) is 11.9 Å². The van der Waals surface area contributed by atoms with Gasteiger partial charge in [-0.05, 0) is 35.7 Å². The smallest absolute Gasteiger partial charge is 0.387 e. The first kappa shape index (κ1) is 20.7. The van der Waals surface area contributed by atoms with Gasteiger partial charge in [-0.2, -0.15) is 8.78 Å². The number of alkyl halides is 2. The van der Waals surface area contributed by atoms with Crippen LogP contribution in [0.4, 0.5) is 18.9 Å². The summed E-state index contributed by atoms with van der Waals surface area (Å²) < 4.78 is 42.8. The van der Waals surface area contributed by atoms with Crippen LogP contribution in [0.1, 0.15) is 31.5 Å². The number of carbonyl (C=O) groups is 1. The largest absolute Gasteiger partial charge is 0.435 e. The molecule has 0 aliphatic carbocycles. The Hall–Kier alpha value is -3.03. The summed E-state index contributed by atoms with van der Waals surface area (Å²) in [7, 11) is 0. The molecule has 1 aliphatic heterocycles. The predicted octanol–water partition coefficient (Wildman–Crippen LogP) is 4.25. The van der Waals surface area contributed by atoms with Crippen LogP contribution in [0.2, 0.25) is 0 Å². The molecule has 5 nitrogen and oxygen atoms in total. The van der Waals surface area contributed by atoms with E-state index in [1.807, 2.05) is 13.8 Å². The first-order chi connectivity index (χ1) is 13.8. The standard InChI is InChI=1S/C21H22F3N3O2/c1-12(2)19-18(4-6-26-20(19)28)27-15-3-5-25-16(11-15)8-13-7-14(22)10-17(9-13)29-21(23)24/h3,5,7,9-12,21H,4,6,8H2,1-2H3,(H,25,27)(H,26,28). The highest BCUT2D eigenvalue weighted by Gasteiger charge is 2.22. The molecular formula is C21H22F3N3O2. The van der Waals surface area contributed by atoms with Crippen LogP contribution < -0.4 is 15.4 Å². The van der Waals surface area contributed by atoms with E-state index in [1.54, 1.807) is 18.3 Å². The second-order valence-electron chi connectivity index (χ2n) is 7.06. The Balaban J connectivity index is 1.81. The van der Waals surface area contributed by atoms with Gasteiger partial charge in [0.25, 0.3) is 0 Å². The van der Waals surface area contributed by atoms with Gasteiger partial charge in [-0.3, -0.25) is 9.78 Å². The maximum Gasteiger partial charge on any atom is 0.387 e. The van der Waals surface area contributed by atoms with E-state index < -0.39 is 12.4 Å². The molecule has 1 aromatic heterocycles. The minimum Gasteiger partial charge on any atom is -0.435 e. The van der Waals surface area contributed by atoms with Crippen LogP contribution in [0.25, 0.3) is 0 Å². The zero-order valence-corrected chi connectivity index (χ0v) is 16.1. The first-order valence-corrected chi connectivity index (χ1v) is 9.29. The van der Waals surface area contributed by atoms with Gasteiger partial charge in [-0.15, -0.1) is 0 Å². The molecule has 0 saturated carbocycles. The Morgan fingerprint density at radius 3 is 2.76 bits per heavy atom. The molecule has 0 bridgehead atoms. The second-order valence-corrected chi connectivity index (χ2v) is 7.06. The molecule has 0 spiro atoms. The van der Waals surface area contributed by atoms with Crippen LogP contribution in [-0.2, 0) is 11.2 Å². The van der Waals surface area contributed by atoms with Crippen LogP contribution in [0.5, 0.6) is 5.75 Å². The van der Waals surface area contributed by atoms with Crippen LogP contribution in [-0.4, -0.2) is 24.0 Å². The van der Waals surface area contributed by atoms with E-state index in [4.69, 9.17) is 0 Å². The molecular weight excluding hydrogens is 383 g/mol. The van der Waals surface area contributed by atoms with Gasteiger partial charge in [0.1, 0.15) is 11.6 Å². The summed E-state index contributed by atoms with van der Waals surface area (Å²) in [6, 6.07) is 7.09. The van der Waals surface area contributed by atoms with Crippen LogP contribution in [0.3, 0.4) is 0 Å². The Kier molecular flexibility index (Phi) is 6.41. The molecule has 29 heavy (non-hydrogen) atoms. The van der Waals surface area contributed by atoms with Gasteiger partial charge >= 0.3 is 6.61 Å². The van der Waals surface area contributed by atoms with Gasteiger partial charge < -0.3 is 15.4 Å². The Labute approximate surface area is 167 Å². The molecule has 2 aromatic rings. The lowest BCUT2D eigenvalue weighted by atomic mass is 9.96. The number of halogens is 3. The highest BCUT2D eigenvalue weighted by atomic mass is 19.3. The zero-order chi connectivity index (χ0) is 21.0. The van der Waals surface area contributed by atoms with Crippen molar-refractivity contribution in [3.63, 3.8) is 0 Å². The number of hydrogen-bond acceptors (Lipinski definition) is 4. The van der Waals surface area contributed by atoms with Gasteiger partial charge in [-0.25, -0.2) is 4.39 Å². The van der Waals surface area contributed by atoms with Crippen molar-refractivity contribution >= 4 is 11.6 Å². The molecule has 1 aliphatic rings. The number of ether oxygens (including phenoxy) is 1. The predicted molar refractivity (Wildman–Crippen MR) is 103 cm³/mol. The quantitative estimate of drug-likeness (QED) is 0.723. The summed E-state index contributed by atoms with van der Waals surface area (Å²) in [6.45, 7) is 1.46. The minimum absolute atomic E-state index is 0.0691. The lowest BCUT2D eigenvalue weighted by Gasteiger charge is -2.24. The van der Waals surface area contributed by atoms with E-state index in [-0.39, 0.29) is 24.0 Å². The Bertz CT molecular complexity index is 929. The minimum atomic E-state index is -3.02. The summed E-state index contributed by atoms with van der Waals surface area (Å²) in [5, 5.41) is 6.15. The molecule has 1 amide bonds. The number of amides is 1. The molecule has 0 unspecified atom stereocenters. The third kappa shape index (κ3) is 5.49. The fourth-order valence-corrected chi connectivity index (χ4v) is 3.34. The monoisotopic (exact) mass is 405 g/mol. The van der Waals surface area contributed by atoms with Crippen molar-refractivity contribution in [2.24, 2.45) is 5.92 Å². The highest BCUT2D eigenvalue weighted by molar-refractivity contribution is 5.96. The number of anilines is 1. The summed E-state index contributed by atoms with van der Waals surface area (Å²) in [5.74, 6) is -0.898. The summed E-state index contributed by atoms with van der Waals surface area (Å²) in [5.41, 5.74) is 3.41. The Morgan fingerprint density at radius 2 is 2.03 bits per heavy atom. The van der Waals surface area contributed by atoms with Gasteiger partial charge in [0.2, 0.25) is 5.91 Å². The fraction of sp³-hybridized carbons (Fsp3) is 0.333. The van der Waals surface area contributed by atoms with E-state index in [9.17, 15) is 18.0 Å². The maximum absolute atomic E-state index is 13.7. The molecule has 1 aromatic carbocycles. The number of carbonyl (C=O) groups excluding carboxylic acids is 1. The van der Waals surface area contributed by atoms with Crippen LogP contribution in [0, 0.1) is 11.7 Å². The van der Waals surface area contributed by atoms with Crippen molar-refractivity contribution in [1.29, 1.82) is 0 Å². The topological polar surface area (TPSA) is 63.3 Å². The second kappa shape index (κ2) is 8.98. The van der Waals surface area contributed by atoms with Gasteiger partial charge in [0, 0.05) is 54.3 Å². The van der Waals surface area contributed by atoms with Gasteiger partial charge in [0.15, 0.2) is 0 Å². The number of rotatable bonds is 7. The van der Waals surface area contributed by atoms with Gasteiger partial charge in [0.05, 0.1) is 0 Å². The number of aromatic nitrogens is 1. The highest BCUT2D eigenvalue weighted by Crippen LogP contribution is 2.25. The first-order valence-electron chi connectivity index (χ1n) is 9.29. The zero-order valence-electron chi connectivity index (χ0n) is 16.1. The molecule has 2 heterocycles. The van der Waals surface area contributed by atoms with E-state index in [0.717, 1.165) is 17.5 Å². The normalized spacial score (nSPS) is 14.4. The van der Waals surface area contributed by atoms with Crippen molar-refractivity contribution in [2.45, 2.75) is 33.3 Å². The lowest BCUT2D eigenvalue weighted by molar-refractivity contribution is -0.118. The SMILES string of the molecule is CC(C)C1=C(Nc2ccnc(Cc3cc(F)cc(OC(F)F)c3)c2)CCNC1=O. The number of pyridine rings is 1. The third-order valence-corrected chi connectivity index (χ3v) is 4.46.